The van der Waals surface area contributed by atoms with Gasteiger partial charge in [0.05, 0.1) is 0 Å². The Bertz CT molecular complexity index is 585. The van der Waals surface area contributed by atoms with Gasteiger partial charge in [-0.25, -0.2) is 4.79 Å². The summed E-state index contributed by atoms with van der Waals surface area (Å²) in [5, 5.41) is 3.02. The molecule has 6 heteroatoms. The van der Waals surface area contributed by atoms with E-state index in [0.29, 0.717) is 19.5 Å². The van der Waals surface area contributed by atoms with Crippen LogP contribution in [0.4, 0.5) is 4.79 Å². The number of nitrogens with zero attached hydrogens (tertiary/aromatic N) is 2. The highest BCUT2D eigenvalue weighted by molar-refractivity contribution is 7.99. The summed E-state index contributed by atoms with van der Waals surface area (Å²) < 4.78 is 0. The summed E-state index contributed by atoms with van der Waals surface area (Å²) in [6.07, 6.45) is 2.70. The van der Waals surface area contributed by atoms with Crippen LogP contribution < -0.4 is 5.32 Å². The number of thioether (sulfide) groups is 1. The summed E-state index contributed by atoms with van der Waals surface area (Å²) in [6.45, 7) is 3.73. The SMILES string of the molecule is O=C1CCCN1Cc1cccc(CNC(=O)N2CCCSCC2)c1. The Balaban J connectivity index is 1.52. The van der Waals surface area contributed by atoms with Gasteiger partial charge in [-0.3, -0.25) is 4.79 Å². The average molecular weight is 347 g/mol. The molecule has 5 nitrogen and oxygen atoms in total. The predicted molar refractivity (Wildman–Crippen MR) is 96.8 cm³/mol. The highest BCUT2D eigenvalue weighted by Crippen LogP contribution is 2.15. The quantitative estimate of drug-likeness (QED) is 0.910. The van der Waals surface area contributed by atoms with Gasteiger partial charge in [0, 0.05) is 44.9 Å². The van der Waals surface area contributed by atoms with Crippen LogP contribution >= 0.6 is 11.8 Å². The van der Waals surface area contributed by atoms with Gasteiger partial charge < -0.3 is 15.1 Å². The molecule has 2 aliphatic heterocycles. The van der Waals surface area contributed by atoms with E-state index in [2.05, 4.69) is 11.4 Å². The summed E-state index contributed by atoms with van der Waals surface area (Å²) in [4.78, 5) is 27.8. The average Bonchev–Trinajstić information content (AvgIpc) is 2.84. The molecule has 1 aromatic rings. The lowest BCUT2D eigenvalue weighted by Crippen LogP contribution is -2.40. The molecule has 3 amide bonds. The Labute approximate surface area is 147 Å². The standard InChI is InChI=1S/C18H25N3O2S/c22-17-6-2-7-21(17)14-16-5-1-4-15(12-16)13-19-18(23)20-8-3-10-24-11-9-20/h1,4-5,12H,2-3,6-11,13-14H2,(H,19,23). The van der Waals surface area contributed by atoms with Crippen LogP contribution in [0.25, 0.3) is 0 Å². The van der Waals surface area contributed by atoms with Crippen molar-refractivity contribution in [2.75, 3.05) is 31.1 Å². The van der Waals surface area contributed by atoms with E-state index >= 15 is 0 Å². The second-order valence-corrected chi connectivity index (χ2v) is 7.58. The maximum atomic E-state index is 12.3. The van der Waals surface area contributed by atoms with Crippen LogP contribution in [0.3, 0.4) is 0 Å². The fraction of sp³-hybridized carbons (Fsp3) is 0.556. The monoisotopic (exact) mass is 347 g/mol. The molecule has 0 atom stereocenters. The highest BCUT2D eigenvalue weighted by atomic mass is 32.2. The lowest BCUT2D eigenvalue weighted by atomic mass is 10.1. The first-order valence-electron chi connectivity index (χ1n) is 8.68. The largest absolute Gasteiger partial charge is 0.338 e. The van der Waals surface area contributed by atoms with Crippen molar-refractivity contribution >= 4 is 23.7 Å². The molecule has 1 aromatic carbocycles. The predicted octanol–water partition coefficient (Wildman–Crippen LogP) is 2.46. The summed E-state index contributed by atoms with van der Waals surface area (Å²) in [7, 11) is 0. The van der Waals surface area contributed by atoms with Crippen LogP contribution in [0, 0.1) is 0 Å². The van der Waals surface area contributed by atoms with E-state index in [1.165, 1.54) is 0 Å². The topological polar surface area (TPSA) is 52.7 Å². The van der Waals surface area contributed by atoms with Gasteiger partial charge in [-0.05, 0) is 29.7 Å². The van der Waals surface area contributed by atoms with Crippen molar-refractivity contribution in [2.45, 2.75) is 32.4 Å². The fourth-order valence-corrected chi connectivity index (χ4v) is 4.06. The van der Waals surface area contributed by atoms with Gasteiger partial charge in [-0.2, -0.15) is 11.8 Å². The minimum atomic E-state index is 0.0256. The molecular formula is C18H25N3O2S. The molecule has 2 aliphatic rings. The van der Waals surface area contributed by atoms with E-state index in [-0.39, 0.29) is 11.9 Å². The number of likely N-dealkylation sites (tertiary alicyclic amines) is 1. The lowest BCUT2D eigenvalue weighted by Gasteiger charge is -2.20. The van der Waals surface area contributed by atoms with Crippen molar-refractivity contribution in [3.63, 3.8) is 0 Å². The Kier molecular flexibility index (Phi) is 6.01. The minimum Gasteiger partial charge on any atom is -0.338 e. The second kappa shape index (κ2) is 8.42. The van der Waals surface area contributed by atoms with Crippen molar-refractivity contribution in [1.29, 1.82) is 0 Å². The normalized spacial score (nSPS) is 18.6. The molecule has 0 saturated carbocycles. The zero-order valence-electron chi connectivity index (χ0n) is 14.0. The van der Waals surface area contributed by atoms with E-state index < -0.39 is 0 Å². The smallest absolute Gasteiger partial charge is 0.317 e. The molecule has 1 N–H and O–H groups in total. The maximum Gasteiger partial charge on any atom is 0.317 e. The maximum absolute atomic E-state index is 12.3. The Morgan fingerprint density at radius 2 is 2.00 bits per heavy atom. The molecule has 24 heavy (non-hydrogen) atoms. The first kappa shape index (κ1) is 17.1. The third kappa shape index (κ3) is 4.66. The zero-order valence-corrected chi connectivity index (χ0v) is 14.8. The minimum absolute atomic E-state index is 0.0256. The van der Waals surface area contributed by atoms with Crippen molar-refractivity contribution in [2.24, 2.45) is 0 Å². The summed E-state index contributed by atoms with van der Waals surface area (Å²) in [5.41, 5.74) is 2.21. The van der Waals surface area contributed by atoms with E-state index in [4.69, 9.17) is 0 Å². The Morgan fingerprint density at radius 1 is 1.12 bits per heavy atom. The number of nitrogens with one attached hydrogen (secondary N) is 1. The van der Waals surface area contributed by atoms with Gasteiger partial charge in [0.1, 0.15) is 0 Å². The molecule has 0 spiro atoms. The number of hydrogen-bond donors (Lipinski definition) is 1. The van der Waals surface area contributed by atoms with E-state index in [1.807, 2.05) is 39.8 Å². The van der Waals surface area contributed by atoms with Gasteiger partial charge in [0.2, 0.25) is 5.91 Å². The van der Waals surface area contributed by atoms with Crippen LogP contribution in [0.2, 0.25) is 0 Å². The molecular weight excluding hydrogens is 322 g/mol. The third-order valence-corrected chi connectivity index (χ3v) is 5.54. The Hall–Kier alpha value is -1.69. The van der Waals surface area contributed by atoms with E-state index in [0.717, 1.165) is 55.1 Å². The molecule has 130 valence electrons. The van der Waals surface area contributed by atoms with E-state index in [9.17, 15) is 9.59 Å². The van der Waals surface area contributed by atoms with Crippen molar-refractivity contribution in [3.8, 4) is 0 Å². The summed E-state index contributed by atoms with van der Waals surface area (Å²) in [5.74, 6) is 2.40. The number of carbonyl (C=O) groups is 2. The number of urea groups is 1. The number of hydrogen-bond acceptors (Lipinski definition) is 3. The van der Waals surface area contributed by atoms with Gasteiger partial charge in [-0.1, -0.05) is 24.3 Å². The van der Waals surface area contributed by atoms with Crippen molar-refractivity contribution < 1.29 is 9.59 Å². The van der Waals surface area contributed by atoms with Gasteiger partial charge in [0.25, 0.3) is 0 Å². The zero-order chi connectivity index (χ0) is 16.8. The number of carbonyl (C=O) groups excluding carboxylic acids is 2. The van der Waals surface area contributed by atoms with Crippen LogP contribution in [0.1, 0.15) is 30.4 Å². The van der Waals surface area contributed by atoms with Gasteiger partial charge >= 0.3 is 6.03 Å². The van der Waals surface area contributed by atoms with Crippen LogP contribution in [-0.4, -0.2) is 52.9 Å². The van der Waals surface area contributed by atoms with Crippen LogP contribution in [0.15, 0.2) is 24.3 Å². The third-order valence-electron chi connectivity index (χ3n) is 4.49. The number of rotatable bonds is 4. The van der Waals surface area contributed by atoms with Crippen LogP contribution in [-0.2, 0) is 17.9 Å². The van der Waals surface area contributed by atoms with Crippen molar-refractivity contribution in [1.82, 2.24) is 15.1 Å². The van der Waals surface area contributed by atoms with Gasteiger partial charge in [-0.15, -0.1) is 0 Å². The Morgan fingerprint density at radius 3 is 2.83 bits per heavy atom. The second-order valence-electron chi connectivity index (χ2n) is 6.35. The summed E-state index contributed by atoms with van der Waals surface area (Å²) >= 11 is 1.91. The first-order valence-corrected chi connectivity index (χ1v) is 9.84. The molecule has 2 fully saturated rings. The highest BCUT2D eigenvalue weighted by Gasteiger charge is 2.20. The lowest BCUT2D eigenvalue weighted by molar-refractivity contribution is -0.128. The van der Waals surface area contributed by atoms with Gasteiger partial charge in [0.15, 0.2) is 0 Å². The molecule has 3 rings (SSSR count). The fourth-order valence-electron chi connectivity index (χ4n) is 3.17. The molecule has 0 aliphatic carbocycles. The molecule has 0 aromatic heterocycles. The molecule has 0 radical (unpaired) electrons. The molecule has 0 bridgehead atoms. The van der Waals surface area contributed by atoms with Crippen LogP contribution in [0.5, 0.6) is 0 Å². The molecule has 2 heterocycles. The van der Waals surface area contributed by atoms with Crippen molar-refractivity contribution in [3.05, 3.63) is 35.4 Å². The molecule has 0 unspecified atom stereocenters. The van der Waals surface area contributed by atoms with E-state index in [1.54, 1.807) is 0 Å². The first-order chi connectivity index (χ1) is 11.7. The number of benzene rings is 1. The number of amides is 3. The summed E-state index contributed by atoms with van der Waals surface area (Å²) in [6, 6.07) is 8.18. The molecule has 2 saturated heterocycles.